The van der Waals surface area contributed by atoms with Gasteiger partial charge >= 0.3 is 0 Å². The normalized spacial score (nSPS) is 27.1. The maximum Gasteiger partial charge on any atom is 0.252 e. The maximum atomic E-state index is 15.4. The van der Waals surface area contributed by atoms with Crippen molar-refractivity contribution < 1.29 is 18.3 Å². The molecule has 2 saturated heterocycles. The molecule has 3 nitrogen and oxygen atoms in total. The van der Waals surface area contributed by atoms with E-state index in [1.54, 1.807) is 0 Å². The van der Waals surface area contributed by atoms with Crippen LogP contribution in [0.1, 0.15) is 31.7 Å². The number of likely N-dealkylation sites (tertiary alicyclic amines) is 1. The third kappa shape index (κ3) is 3.07. The van der Waals surface area contributed by atoms with Crippen molar-refractivity contribution in [2.45, 2.75) is 44.8 Å². The lowest BCUT2D eigenvalue weighted by Gasteiger charge is -2.34. The van der Waals surface area contributed by atoms with E-state index in [2.05, 4.69) is 6.92 Å². The molecule has 0 bridgehead atoms. The number of hydrogen-bond acceptors (Lipinski definition) is 2. The van der Waals surface area contributed by atoms with Gasteiger partial charge in [-0.25, -0.2) is 8.78 Å². The van der Waals surface area contributed by atoms with Crippen molar-refractivity contribution >= 4 is 5.91 Å². The minimum atomic E-state index is -0.543. The van der Waals surface area contributed by atoms with Crippen LogP contribution >= 0.6 is 0 Å². The molecule has 152 valence electrons. The number of hydrogen-bond donors (Lipinski definition) is 0. The Morgan fingerprint density at radius 1 is 1.17 bits per heavy atom. The number of carbonyl (C=O) groups is 1. The SMILES string of the molecule is CC1C(Cc2c(F)ccc(-c3ccccc3)c2F)N(C(=O)[C@H]2CCO2)CC12CC2. The van der Waals surface area contributed by atoms with E-state index >= 15 is 4.39 Å². The van der Waals surface area contributed by atoms with Crippen molar-refractivity contribution in [3.63, 3.8) is 0 Å². The lowest BCUT2D eigenvalue weighted by atomic mass is 9.86. The fraction of sp³-hybridized carbons (Fsp3) is 0.458. The third-order valence-electron chi connectivity index (χ3n) is 7.26. The topological polar surface area (TPSA) is 29.5 Å². The summed E-state index contributed by atoms with van der Waals surface area (Å²) in [5.41, 5.74) is 1.32. The number of halogens is 2. The summed E-state index contributed by atoms with van der Waals surface area (Å²) in [6.07, 6.45) is 2.70. The molecule has 2 aliphatic heterocycles. The van der Waals surface area contributed by atoms with E-state index in [1.165, 1.54) is 12.1 Å². The predicted molar refractivity (Wildman–Crippen MR) is 106 cm³/mol. The maximum absolute atomic E-state index is 15.4. The van der Waals surface area contributed by atoms with Crippen LogP contribution in [0.15, 0.2) is 42.5 Å². The molecule has 1 aliphatic carbocycles. The summed E-state index contributed by atoms with van der Waals surface area (Å²) in [4.78, 5) is 14.8. The number of nitrogens with zero attached hydrogens (tertiary/aromatic N) is 1. The highest BCUT2D eigenvalue weighted by Gasteiger charge is 2.59. The van der Waals surface area contributed by atoms with Gasteiger partial charge in [0.15, 0.2) is 0 Å². The zero-order valence-electron chi connectivity index (χ0n) is 16.5. The minimum Gasteiger partial charge on any atom is -0.368 e. The molecule has 2 heterocycles. The van der Waals surface area contributed by atoms with Gasteiger partial charge in [0.1, 0.15) is 17.7 Å². The van der Waals surface area contributed by atoms with Gasteiger partial charge in [-0.3, -0.25) is 4.79 Å². The van der Waals surface area contributed by atoms with Crippen LogP contribution in [0.2, 0.25) is 0 Å². The Bertz CT molecular complexity index is 937. The Morgan fingerprint density at radius 2 is 1.90 bits per heavy atom. The molecule has 0 N–H and O–H groups in total. The largest absolute Gasteiger partial charge is 0.368 e. The van der Waals surface area contributed by atoms with Crippen LogP contribution in [-0.4, -0.2) is 36.1 Å². The second-order valence-corrected chi connectivity index (χ2v) is 8.79. The summed E-state index contributed by atoms with van der Waals surface area (Å²) in [5.74, 6) is -0.867. The van der Waals surface area contributed by atoms with Gasteiger partial charge < -0.3 is 9.64 Å². The summed E-state index contributed by atoms with van der Waals surface area (Å²) in [6, 6.07) is 11.8. The lowest BCUT2D eigenvalue weighted by Crippen LogP contribution is -2.49. The molecule has 3 aliphatic rings. The number of ether oxygens (including phenoxy) is 1. The molecule has 29 heavy (non-hydrogen) atoms. The highest BCUT2D eigenvalue weighted by molar-refractivity contribution is 5.82. The van der Waals surface area contributed by atoms with E-state index in [-0.39, 0.29) is 41.4 Å². The number of rotatable bonds is 4. The van der Waals surface area contributed by atoms with Crippen LogP contribution in [0.25, 0.3) is 11.1 Å². The van der Waals surface area contributed by atoms with Crippen molar-refractivity contribution in [2.24, 2.45) is 11.3 Å². The van der Waals surface area contributed by atoms with E-state index in [0.29, 0.717) is 18.7 Å². The van der Waals surface area contributed by atoms with Crippen LogP contribution < -0.4 is 0 Å². The zero-order valence-corrected chi connectivity index (χ0v) is 16.5. The Kier molecular flexibility index (Phi) is 4.46. The van der Waals surface area contributed by atoms with Crippen LogP contribution in [0.3, 0.4) is 0 Å². The summed E-state index contributed by atoms with van der Waals surface area (Å²) in [5, 5.41) is 0. The van der Waals surface area contributed by atoms with Gasteiger partial charge in [0, 0.05) is 30.1 Å². The highest BCUT2D eigenvalue weighted by Crippen LogP contribution is 2.59. The monoisotopic (exact) mass is 397 g/mol. The van der Waals surface area contributed by atoms with Gasteiger partial charge in [-0.15, -0.1) is 0 Å². The van der Waals surface area contributed by atoms with Crippen LogP contribution in [0.4, 0.5) is 8.78 Å². The first-order valence-electron chi connectivity index (χ1n) is 10.4. The van der Waals surface area contributed by atoms with Crippen LogP contribution in [0.5, 0.6) is 0 Å². The summed E-state index contributed by atoms with van der Waals surface area (Å²) in [6.45, 7) is 3.42. The van der Waals surface area contributed by atoms with E-state index in [4.69, 9.17) is 4.74 Å². The molecular formula is C24H25F2NO2. The Hall–Kier alpha value is -2.27. The minimum absolute atomic E-state index is 0.0168. The molecule has 2 aromatic rings. The van der Waals surface area contributed by atoms with Crippen LogP contribution in [-0.2, 0) is 16.0 Å². The molecular weight excluding hydrogens is 372 g/mol. The second-order valence-electron chi connectivity index (χ2n) is 8.79. The van der Waals surface area contributed by atoms with Crippen molar-refractivity contribution in [2.75, 3.05) is 13.2 Å². The van der Waals surface area contributed by atoms with E-state index in [1.807, 2.05) is 35.2 Å². The van der Waals surface area contributed by atoms with E-state index in [0.717, 1.165) is 24.8 Å². The molecule has 1 amide bonds. The Morgan fingerprint density at radius 3 is 2.52 bits per heavy atom. The average Bonchev–Trinajstić information content (AvgIpc) is 3.41. The Labute approximate surface area is 169 Å². The average molecular weight is 397 g/mol. The number of carbonyl (C=O) groups excluding carboxylic acids is 1. The zero-order chi connectivity index (χ0) is 20.2. The first-order valence-corrected chi connectivity index (χ1v) is 10.4. The first kappa shape index (κ1) is 18.7. The highest BCUT2D eigenvalue weighted by atomic mass is 19.1. The summed E-state index contributed by atoms with van der Waals surface area (Å²) < 4.78 is 35.5. The molecule has 2 aromatic carbocycles. The summed E-state index contributed by atoms with van der Waals surface area (Å²) >= 11 is 0. The molecule has 3 atom stereocenters. The van der Waals surface area contributed by atoms with Crippen LogP contribution in [0, 0.1) is 23.0 Å². The number of benzene rings is 2. The Balaban J connectivity index is 1.48. The van der Waals surface area contributed by atoms with E-state index in [9.17, 15) is 9.18 Å². The van der Waals surface area contributed by atoms with Crippen molar-refractivity contribution in [3.05, 3.63) is 59.7 Å². The smallest absolute Gasteiger partial charge is 0.252 e. The molecule has 0 radical (unpaired) electrons. The summed E-state index contributed by atoms with van der Waals surface area (Å²) in [7, 11) is 0. The van der Waals surface area contributed by atoms with Gasteiger partial charge in [0.05, 0.1) is 6.61 Å². The van der Waals surface area contributed by atoms with Gasteiger partial charge in [0.25, 0.3) is 5.91 Å². The molecule has 0 aromatic heterocycles. The van der Waals surface area contributed by atoms with Crippen molar-refractivity contribution in [3.8, 4) is 11.1 Å². The van der Waals surface area contributed by atoms with Gasteiger partial charge in [0.2, 0.25) is 0 Å². The van der Waals surface area contributed by atoms with Gasteiger partial charge in [-0.1, -0.05) is 37.3 Å². The first-order chi connectivity index (χ1) is 14.0. The van der Waals surface area contributed by atoms with Gasteiger partial charge in [-0.2, -0.15) is 0 Å². The fourth-order valence-electron chi connectivity index (χ4n) is 5.03. The molecule has 5 rings (SSSR count). The number of amides is 1. The predicted octanol–water partition coefficient (Wildman–Crippen LogP) is 4.59. The van der Waals surface area contributed by atoms with Crippen molar-refractivity contribution in [1.29, 1.82) is 0 Å². The van der Waals surface area contributed by atoms with E-state index < -0.39 is 11.6 Å². The standard InChI is InChI=1S/C24H25F2NO2/c1-15-20(27(14-24(15)10-11-24)23(28)21-9-12-29-21)13-18-19(25)8-7-17(22(18)26)16-5-3-2-4-6-16/h2-8,15,20-21H,9-14H2,1H3/t15?,20?,21-/m1/s1. The molecule has 1 saturated carbocycles. The second kappa shape index (κ2) is 6.91. The molecule has 3 fully saturated rings. The molecule has 2 unspecified atom stereocenters. The molecule has 1 spiro atoms. The lowest BCUT2D eigenvalue weighted by molar-refractivity contribution is -0.157. The fourth-order valence-corrected chi connectivity index (χ4v) is 5.03. The van der Waals surface area contributed by atoms with Crippen molar-refractivity contribution in [1.82, 2.24) is 4.90 Å². The van der Waals surface area contributed by atoms with Gasteiger partial charge in [-0.05, 0) is 48.3 Å². The third-order valence-corrected chi connectivity index (χ3v) is 7.26. The molecule has 5 heteroatoms. The quantitative estimate of drug-likeness (QED) is 0.755.